The Morgan fingerprint density at radius 2 is 1.06 bits per heavy atom. The van der Waals surface area contributed by atoms with E-state index >= 15 is 0 Å². The number of H-pyrrole nitrogens is 1. The summed E-state index contributed by atoms with van der Waals surface area (Å²) in [4.78, 5) is 42.6. The second kappa shape index (κ2) is 26.6. The number of aromatic amines is 1. The maximum Gasteiger partial charge on any atom is 0.253 e. The number of benzene rings is 2. The van der Waals surface area contributed by atoms with Gasteiger partial charge in [0.25, 0.3) is 5.91 Å². The Hall–Kier alpha value is -5.79. The first-order chi connectivity index (χ1) is 29.5. The monoisotopic (exact) mass is 882 g/mol. The smallest absolute Gasteiger partial charge is 0.253 e. The SMILES string of the molecule is C.CC(C)(C)C(=O)Cl.CCN(CC)CC.COc1ccc(CCc2nc(-c3ccncc3)n[nH]2)cc1.COc1ccc(CCc2nc(-c3ccncc3)nn2C(=O)C(C)(C)C)cc1. The van der Waals surface area contributed by atoms with Crippen molar-refractivity contribution in [2.24, 2.45) is 10.8 Å². The van der Waals surface area contributed by atoms with Gasteiger partial charge in [0.1, 0.15) is 23.1 Å². The van der Waals surface area contributed by atoms with Crippen molar-refractivity contribution in [1.29, 1.82) is 0 Å². The summed E-state index contributed by atoms with van der Waals surface area (Å²) in [5, 5.41) is 11.4. The number of nitrogens with zero attached hydrogens (tertiary/aromatic N) is 8. The topological polar surface area (TPSA) is 154 Å². The van der Waals surface area contributed by atoms with Gasteiger partial charge in [-0.2, -0.15) is 9.78 Å². The molecule has 0 amide bonds. The van der Waals surface area contributed by atoms with Crippen LogP contribution in [0.1, 0.15) is 97.3 Å². The number of rotatable bonds is 13. The Morgan fingerprint density at radius 3 is 1.44 bits per heavy atom. The lowest BCUT2D eigenvalue weighted by Crippen LogP contribution is -2.29. The lowest BCUT2D eigenvalue weighted by Gasteiger charge is -2.17. The molecule has 0 aliphatic carbocycles. The lowest BCUT2D eigenvalue weighted by molar-refractivity contribution is -0.118. The predicted molar refractivity (Wildman–Crippen MR) is 254 cm³/mol. The molecule has 0 saturated heterocycles. The highest BCUT2D eigenvalue weighted by molar-refractivity contribution is 6.64. The van der Waals surface area contributed by atoms with E-state index in [4.69, 9.17) is 21.1 Å². The molecule has 1 N–H and O–H groups in total. The van der Waals surface area contributed by atoms with E-state index in [1.54, 1.807) is 59.8 Å². The Morgan fingerprint density at radius 1 is 0.635 bits per heavy atom. The highest BCUT2D eigenvalue weighted by Crippen LogP contribution is 2.22. The lowest BCUT2D eigenvalue weighted by atomic mass is 9.96. The first-order valence-corrected chi connectivity index (χ1v) is 21.3. The molecule has 13 nitrogen and oxygen atoms in total. The van der Waals surface area contributed by atoms with Crippen molar-refractivity contribution in [3.63, 3.8) is 0 Å². The fourth-order valence-corrected chi connectivity index (χ4v) is 5.42. The van der Waals surface area contributed by atoms with E-state index in [-0.39, 0.29) is 24.0 Å². The Kier molecular flexibility index (Phi) is 22.6. The van der Waals surface area contributed by atoms with Crippen LogP contribution in [0.5, 0.6) is 11.5 Å². The van der Waals surface area contributed by atoms with Crippen LogP contribution in [0.3, 0.4) is 0 Å². The first kappa shape index (κ1) is 53.3. The summed E-state index contributed by atoms with van der Waals surface area (Å²) in [5.41, 5.74) is 3.30. The summed E-state index contributed by atoms with van der Waals surface area (Å²) < 4.78 is 11.8. The number of methoxy groups -OCH3 is 2. The number of ether oxygens (including phenoxy) is 2. The molecule has 14 heteroatoms. The summed E-state index contributed by atoms with van der Waals surface area (Å²) in [5.74, 6) is 4.43. The molecule has 0 spiro atoms. The number of nitrogens with one attached hydrogen (secondary N) is 1. The van der Waals surface area contributed by atoms with Gasteiger partial charge >= 0.3 is 0 Å². The molecule has 6 rings (SSSR count). The molecule has 340 valence electrons. The minimum absolute atomic E-state index is 0. The zero-order chi connectivity index (χ0) is 45.7. The van der Waals surface area contributed by atoms with E-state index in [1.165, 1.54) is 29.9 Å². The third-order valence-electron chi connectivity index (χ3n) is 9.45. The van der Waals surface area contributed by atoms with Gasteiger partial charge in [-0.15, -0.1) is 5.10 Å². The number of aromatic nitrogens is 8. The van der Waals surface area contributed by atoms with Crippen molar-refractivity contribution in [1.82, 2.24) is 44.8 Å². The molecule has 0 unspecified atom stereocenters. The van der Waals surface area contributed by atoms with E-state index in [2.05, 4.69) is 73.0 Å². The molecule has 4 heterocycles. The van der Waals surface area contributed by atoms with Crippen LogP contribution < -0.4 is 9.47 Å². The average molecular weight is 883 g/mol. The first-order valence-electron chi connectivity index (χ1n) is 20.9. The van der Waals surface area contributed by atoms with Gasteiger partial charge in [-0.3, -0.25) is 24.7 Å². The average Bonchev–Trinajstić information content (AvgIpc) is 3.94. The van der Waals surface area contributed by atoms with Crippen LogP contribution in [0.4, 0.5) is 0 Å². The molecule has 0 bridgehead atoms. The molecular weight excluding hydrogens is 814 g/mol. The summed E-state index contributed by atoms with van der Waals surface area (Å²) in [6.45, 7) is 21.1. The van der Waals surface area contributed by atoms with Gasteiger partial charge in [-0.1, -0.05) is 94.0 Å². The van der Waals surface area contributed by atoms with Crippen LogP contribution in [0, 0.1) is 10.8 Å². The molecule has 0 atom stereocenters. The number of aryl methyl sites for hydroxylation is 4. The largest absolute Gasteiger partial charge is 0.497 e. The van der Waals surface area contributed by atoms with Crippen molar-refractivity contribution in [2.45, 2.75) is 95.4 Å². The zero-order valence-corrected chi connectivity index (χ0v) is 39.0. The second-order valence-electron chi connectivity index (χ2n) is 16.2. The van der Waals surface area contributed by atoms with E-state index in [0.29, 0.717) is 23.9 Å². The van der Waals surface area contributed by atoms with Crippen LogP contribution >= 0.6 is 11.6 Å². The normalized spacial score (nSPS) is 10.8. The van der Waals surface area contributed by atoms with Gasteiger partial charge in [0.2, 0.25) is 5.24 Å². The molecular formula is C49H68ClN9O4. The number of carbonyl (C=O) groups excluding carboxylic acids is 2. The van der Waals surface area contributed by atoms with Crippen LogP contribution in [-0.2, 0) is 30.5 Å². The van der Waals surface area contributed by atoms with E-state index in [9.17, 15) is 9.59 Å². The van der Waals surface area contributed by atoms with Crippen LogP contribution in [-0.4, -0.2) is 89.8 Å². The molecule has 63 heavy (non-hydrogen) atoms. The van der Waals surface area contributed by atoms with Gasteiger partial charge in [-0.25, -0.2) is 9.97 Å². The maximum absolute atomic E-state index is 12.9. The summed E-state index contributed by atoms with van der Waals surface area (Å²) >= 11 is 5.11. The van der Waals surface area contributed by atoms with Gasteiger partial charge in [-0.05, 0) is 104 Å². The standard InChI is InChI=1S/C21H24N4O2.C16H16N4O.C6H15N.C5H9ClO.CH4/c1-21(2,3)20(26)25-18(10-7-15-5-8-17(27-4)9-6-15)23-19(24-25)16-11-13-22-14-12-16;1-21-14-5-2-12(3-6-14)4-7-15-18-16(20-19-15)13-8-10-17-11-9-13;1-4-7(5-2)6-3;1-5(2,3)4(6)7;/h5-6,8-9,11-14H,7,10H2,1-4H3;2-3,5-6,8-11H,4,7H2,1H3,(H,18,19,20);4-6H2,1-3H3;1-3H3;1H4. The Bertz CT molecular complexity index is 2190. The van der Waals surface area contributed by atoms with Crippen molar-refractivity contribution < 1.29 is 19.1 Å². The third kappa shape index (κ3) is 18.2. The maximum atomic E-state index is 12.9. The van der Waals surface area contributed by atoms with Gasteiger partial charge in [0.05, 0.1) is 14.2 Å². The minimum Gasteiger partial charge on any atom is -0.497 e. The summed E-state index contributed by atoms with van der Waals surface area (Å²) in [6, 6.07) is 23.5. The highest BCUT2D eigenvalue weighted by Gasteiger charge is 2.27. The fourth-order valence-electron chi connectivity index (χ4n) is 5.42. The second-order valence-corrected chi connectivity index (χ2v) is 16.6. The van der Waals surface area contributed by atoms with Crippen molar-refractivity contribution in [3.8, 4) is 34.3 Å². The number of hydrogen-bond acceptors (Lipinski definition) is 11. The van der Waals surface area contributed by atoms with E-state index in [0.717, 1.165) is 53.3 Å². The van der Waals surface area contributed by atoms with Crippen molar-refractivity contribution in [2.75, 3.05) is 33.9 Å². The van der Waals surface area contributed by atoms with Gasteiger partial charge in [0, 0.05) is 59.6 Å². The molecule has 4 aromatic heterocycles. The van der Waals surface area contributed by atoms with E-state index < -0.39 is 5.41 Å². The number of pyridine rings is 2. The number of halogens is 1. The quantitative estimate of drug-likeness (QED) is 0.110. The van der Waals surface area contributed by atoms with Crippen LogP contribution in [0.15, 0.2) is 97.6 Å². The molecule has 0 fully saturated rings. The van der Waals surface area contributed by atoms with E-state index in [1.807, 2.05) is 81.4 Å². The molecule has 0 radical (unpaired) electrons. The molecule has 0 aliphatic rings. The fraction of sp³-hybridized carbons (Fsp3) is 0.429. The number of hydrogen-bond donors (Lipinski definition) is 1. The highest BCUT2D eigenvalue weighted by atomic mass is 35.5. The summed E-state index contributed by atoms with van der Waals surface area (Å²) in [6.07, 6.45) is 9.98. The molecule has 6 aromatic rings. The Labute approximate surface area is 380 Å². The van der Waals surface area contributed by atoms with Gasteiger partial charge in [0.15, 0.2) is 11.6 Å². The number of carbonyl (C=O) groups is 2. The zero-order valence-electron chi connectivity index (χ0n) is 38.3. The van der Waals surface area contributed by atoms with Crippen molar-refractivity contribution in [3.05, 3.63) is 120 Å². The van der Waals surface area contributed by atoms with Gasteiger partial charge < -0.3 is 14.4 Å². The summed E-state index contributed by atoms with van der Waals surface area (Å²) in [7, 11) is 3.32. The third-order valence-corrected chi connectivity index (χ3v) is 10.0. The molecule has 0 saturated carbocycles. The van der Waals surface area contributed by atoms with Crippen molar-refractivity contribution >= 4 is 22.8 Å². The Balaban J connectivity index is 0.000000334. The van der Waals surface area contributed by atoms with Crippen LogP contribution in [0.2, 0.25) is 0 Å². The predicted octanol–water partition coefficient (Wildman–Crippen LogP) is 10.3. The van der Waals surface area contributed by atoms with Crippen LogP contribution in [0.25, 0.3) is 22.8 Å². The molecule has 2 aromatic carbocycles. The molecule has 0 aliphatic heterocycles. The minimum atomic E-state index is -0.544.